The van der Waals surface area contributed by atoms with Crippen molar-refractivity contribution < 1.29 is 9.90 Å². The molecule has 1 saturated heterocycles. The summed E-state index contributed by atoms with van der Waals surface area (Å²) in [7, 11) is 0. The fourth-order valence-electron chi connectivity index (χ4n) is 2.52. The van der Waals surface area contributed by atoms with E-state index in [-0.39, 0.29) is 11.5 Å². The predicted molar refractivity (Wildman–Crippen MR) is 73.4 cm³/mol. The summed E-state index contributed by atoms with van der Waals surface area (Å²) in [4.78, 5) is 13.6. The maximum Gasteiger partial charge on any atom is 0.163 e. The van der Waals surface area contributed by atoms with Crippen molar-refractivity contribution in [1.82, 2.24) is 0 Å². The van der Waals surface area contributed by atoms with E-state index in [9.17, 15) is 9.90 Å². The molecule has 0 unspecified atom stereocenters. The molecular weight excluding hydrogens is 226 g/mol. The minimum atomic E-state index is -0.0910. The summed E-state index contributed by atoms with van der Waals surface area (Å²) in [5.74, 6) is 0.00813. The number of phenols is 1. The average molecular weight is 247 g/mol. The third kappa shape index (κ3) is 3.03. The first kappa shape index (κ1) is 12.9. The van der Waals surface area contributed by atoms with Gasteiger partial charge in [-0.3, -0.25) is 4.79 Å². The second kappa shape index (κ2) is 5.89. The summed E-state index contributed by atoms with van der Waals surface area (Å²) < 4.78 is 0. The topological polar surface area (TPSA) is 40.5 Å². The SMILES string of the molecule is CC(=O)c1ccc(N2CCCCCCC2)cc1O. The van der Waals surface area contributed by atoms with E-state index in [1.54, 1.807) is 12.1 Å². The lowest BCUT2D eigenvalue weighted by Crippen LogP contribution is -2.26. The molecule has 0 atom stereocenters. The second-order valence-electron chi connectivity index (χ2n) is 5.01. The Morgan fingerprint density at radius 3 is 2.28 bits per heavy atom. The van der Waals surface area contributed by atoms with Crippen molar-refractivity contribution in [2.75, 3.05) is 18.0 Å². The number of hydrogen-bond donors (Lipinski definition) is 1. The summed E-state index contributed by atoms with van der Waals surface area (Å²) in [6, 6.07) is 5.39. The van der Waals surface area contributed by atoms with Crippen molar-refractivity contribution in [3.8, 4) is 5.75 Å². The Kier molecular flexibility index (Phi) is 4.24. The molecule has 0 aromatic heterocycles. The number of aromatic hydroxyl groups is 1. The molecule has 1 aromatic carbocycles. The standard InChI is InChI=1S/C15H21NO2/c1-12(17)14-8-7-13(11-15(14)18)16-9-5-3-2-4-6-10-16/h7-8,11,18H,2-6,9-10H2,1H3. The van der Waals surface area contributed by atoms with Crippen LogP contribution >= 0.6 is 0 Å². The molecule has 0 spiro atoms. The lowest BCUT2D eigenvalue weighted by Gasteiger charge is -2.27. The molecule has 0 saturated carbocycles. The van der Waals surface area contributed by atoms with E-state index in [1.165, 1.54) is 39.0 Å². The van der Waals surface area contributed by atoms with Crippen LogP contribution in [0.4, 0.5) is 5.69 Å². The molecule has 0 radical (unpaired) electrons. The van der Waals surface area contributed by atoms with Crippen molar-refractivity contribution >= 4 is 11.5 Å². The van der Waals surface area contributed by atoms with E-state index < -0.39 is 0 Å². The van der Waals surface area contributed by atoms with Gasteiger partial charge in [-0.2, -0.15) is 0 Å². The molecule has 98 valence electrons. The number of rotatable bonds is 2. The highest BCUT2D eigenvalue weighted by molar-refractivity contribution is 5.97. The summed E-state index contributed by atoms with van der Waals surface area (Å²) in [6.07, 6.45) is 6.31. The van der Waals surface area contributed by atoms with Crippen molar-refractivity contribution in [3.63, 3.8) is 0 Å². The summed E-state index contributed by atoms with van der Waals surface area (Å²) in [5.41, 5.74) is 1.44. The average Bonchev–Trinajstić information content (AvgIpc) is 2.27. The fraction of sp³-hybridized carbons (Fsp3) is 0.533. The molecule has 0 bridgehead atoms. The lowest BCUT2D eigenvalue weighted by molar-refractivity contribution is 0.101. The van der Waals surface area contributed by atoms with E-state index in [1.807, 2.05) is 6.07 Å². The van der Waals surface area contributed by atoms with Crippen LogP contribution in [0.2, 0.25) is 0 Å². The number of ketones is 1. The van der Waals surface area contributed by atoms with E-state index in [0.717, 1.165) is 18.8 Å². The van der Waals surface area contributed by atoms with Crippen molar-refractivity contribution in [1.29, 1.82) is 0 Å². The molecule has 1 N–H and O–H groups in total. The monoisotopic (exact) mass is 247 g/mol. The summed E-state index contributed by atoms with van der Waals surface area (Å²) >= 11 is 0. The minimum absolute atomic E-state index is 0.0910. The molecule has 3 heteroatoms. The zero-order valence-corrected chi connectivity index (χ0v) is 11.0. The quantitative estimate of drug-likeness (QED) is 0.815. The first-order valence-corrected chi connectivity index (χ1v) is 6.77. The molecule has 18 heavy (non-hydrogen) atoms. The van der Waals surface area contributed by atoms with Crippen LogP contribution < -0.4 is 4.90 Å². The van der Waals surface area contributed by atoms with Gasteiger partial charge in [-0.05, 0) is 31.9 Å². The predicted octanol–water partition coefficient (Wildman–Crippen LogP) is 3.37. The molecule has 0 aliphatic carbocycles. The Labute approximate surface area is 108 Å². The van der Waals surface area contributed by atoms with Gasteiger partial charge in [-0.1, -0.05) is 19.3 Å². The van der Waals surface area contributed by atoms with Gasteiger partial charge in [0.05, 0.1) is 5.56 Å². The molecule has 1 aliphatic rings. The maximum atomic E-state index is 11.3. The molecule has 0 amide bonds. The minimum Gasteiger partial charge on any atom is -0.507 e. The van der Waals surface area contributed by atoms with Gasteiger partial charge in [0.2, 0.25) is 0 Å². The highest BCUT2D eigenvalue weighted by Gasteiger charge is 2.12. The molecular formula is C15H21NO2. The lowest BCUT2D eigenvalue weighted by atomic mass is 10.1. The number of nitrogens with zero attached hydrogens (tertiary/aromatic N) is 1. The van der Waals surface area contributed by atoms with Crippen LogP contribution in [-0.2, 0) is 0 Å². The molecule has 3 nitrogen and oxygen atoms in total. The zero-order chi connectivity index (χ0) is 13.0. The van der Waals surface area contributed by atoms with Crippen molar-refractivity contribution in [2.24, 2.45) is 0 Å². The van der Waals surface area contributed by atoms with Gasteiger partial charge in [0.25, 0.3) is 0 Å². The van der Waals surface area contributed by atoms with Crippen LogP contribution in [0.3, 0.4) is 0 Å². The molecule has 1 fully saturated rings. The third-order valence-corrected chi connectivity index (χ3v) is 3.58. The number of hydrogen-bond acceptors (Lipinski definition) is 3. The number of anilines is 1. The van der Waals surface area contributed by atoms with E-state index >= 15 is 0 Å². The molecule has 2 rings (SSSR count). The van der Waals surface area contributed by atoms with Crippen LogP contribution in [0.15, 0.2) is 18.2 Å². The number of carbonyl (C=O) groups is 1. The first-order valence-electron chi connectivity index (χ1n) is 6.77. The fourth-order valence-corrected chi connectivity index (χ4v) is 2.52. The first-order chi connectivity index (χ1) is 8.68. The highest BCUT2D eigenvalue weighted by atomic mass is 16.3. The normalized spacial score (nSPS) is 17.1. The van der Waals surface area contributed by atoms with Crippen molar-refractivity contribution in [3.05, 3.63) is 23.8 Å². The summed E-state index contributed by atoms with van der Waals surface area (Å²) in [6.45, 7) is 3.56. The van der Waals surface area contributed by atoms with Crippen molar-refractivity contribution in [2.45, 2.75) is 39.0 Å². The number of phenolic OH excluding ortho intramolecular Hbond substituents is 1. The zero-order valence-electron chi connectivity index (χ0n) is 11.0. The van der Waals surface area contributed by atoms with Gasteiger partial charge in [0.1, 0.15) is 5.75 Å². The Hall–Kier alpha value is -1.51. The van der Waals surface area contributed by atoms with Gasteiger partial charge >= 0.3 is 0 Å². The number of Topliss-reactive ketones (excluding diaryl/α,β-unsaturated/α-hetero) is 1. The van der Waals surface area contributed by atoms with Crippen LogP contribution in [0, 0.1) is 0 Å². The number of carbonyl (C=O) groups excluding carboxylic acids is 1. The van der Waals surface area contributed by atoms with Crippen LogP contribution in [0.5, 0.6) is 5.75 Å². The van der Waals surface area contributed by atoms with Gasteiger partial charge in [-0.15, -0.1) is 0 Å². The summed E-state index contributed by atoms with van der Waals surface area (Å²) in [5, 5.41) is 9.87. The van der Waals surface area contributed by atoms with E-state index in [0.29, 0.717) is 5.56 Å². The molecule has 1 aliphatic heterocycles. The van der Waals surface area contributed by atoms with Gasteiger partial charge in [0, 0.05) is 24.8 Å². The van der Waals surface area contributed by atoms with Gasteiger partial charge in [-0.25, -0.2) is 0 Å². The van der Waals surface area contributed by atoms with E-state index in [4.69, 9.17) is 0 Å². The largest absolute Gasteiger partial charge is 0.507 e. The Balaban J connectivity index is 2.16. The van der Waals surface area contributed by atoms with Crippen LogP contribution in [0.25, 0.3) is 0 Å². The Morgan fingerprint density at radius 1 is 1.11 bits per heavy atom. The maximum absolute atomic E-state index is 11.3. The van der Waals surface area contributed by atoms with Gasteiger partial charge < -0.3 is 10.0 Å². The Bertz CT molecular complexity index is 421. The van der Waals surface area contributed by atoms with Crippen LogP contribution in [-0.4, -0.2) is 24.0 Å². The third-order valence-electron chi connectivity index (χ3n) is 3.58. The molecule has 1 aromatic rings. The van der Waals surface area contributed by atoms with Crippen LogP contribution in [0.1, 0.15) is 49.4 Å². The Morgan fingerprint density at radius 2 is 1.72 bits per heavy atom. The second-order valence-corrected chi connectivity index (χ2v) is 5.01. The highest BCUT2D eigenvalue weighted by Crippen LogP contribution is 2.26. The number of benzene rings is 1. The van der Waals surface area contributed by atoms with Gasteiger partial charge in [0.15, 0.2) is 5.78 Å². The molecule has 1 heterocycles. The smallest absolute Gasteiger partial charge is 0.163 e. The van der Waals surface area contributed by atoms with E-state index in [2.05, 4.69) is 4.90 Å².